The lowest BCUT2D eigenvalue weighted by Crippen LogP contribution is -2.30. The van der Waals surface area contributed by atoms with Crippen LogP contribution in [0.25, 0.3) is 21.3 Å². The van der Waals surface area contributed by atoms with Gasteiger partial charge in [-0.25, -0.2) is 9.66 Å². The molecule has 0 atom stereocenters. The van der Waals surface area contributed by atoms with E-state index in [1.807, 2.05) is 35.7 Å². The van der Waals surface area contributed by atoms with Crippen LogP contribution >= 0.6 is 23.1 Å². The minimum atomic E-state index is -0.344. The Kier molecular flexibility index (Phi) is 5.00. The second-order valence-corrected chi connectivity index (χ2v) is 8.47. The monoisotopic (exact) mass is 452 g/mol. The standard InChI is InChI=1S/C21H16N4O4S2/c22-25-20(27)18-14(12-4-2-1-3-5-12)9-30-19(18)24-21(25)31-10-17(26)23-13-6-7-15-16(8-13)29-11-28-15/h1-9H,10-11,22H2,(H,23,26). The molecule has 1 amide bonds. The van der Waals surface area contributed by atoms with E-state index in [1.54, 1.807) is 18.2 Å². The first-order valence-electron chi connectivity index (χ1n) is 9.27. The fourth-order valence-electron chi connectivity index (χ4n) is 3.22. The number of hydrogen-bond donors (Lipinski definition) is 2. The van der Waals surface area contributed by atoms with Gasteiger partial charge in [-0.1, -0.05) is 42.1 Å². The summed E-state index contributed by atoms with van der Waals surface area (Å²) in [4.78, 5) is 30.4. The molecule has 0 fully saturated rings. The average molecular weight is 453 g/mol. The quantitative estimate of drug-likeness (QED) is 0.272. The average Bonchev–Trinajstić information content (AvgIpc) is 3.42. The van der Waals surface area contributed by atoms with Crippen LogP contribution in [0, 0.1) is 0 Å². The molecule has 0 bridgehead atoms. The first-order valence-corrected chi connectivity index (χ1v) is 11.1. The molecule has 2 aromatic carbocycles. The number of thiophene rings is 1. The van der Waals surface area contributed by atoms with Crippen molar-refractivity contribution in [3.8, 4) is 22.6 Å². The van der Waals surface area contributed by atoms with Crippen LogP contribution in [0.3, 0.4) is 0 Å². The normalized spacial score (nSPS) is 12.3. The number of benzene rings is 2. The van der Waals surface area contributed by atoms with E-state index in [4.69, 9.17) is 15.3 Å². The van der Waals surface area contributed by atoms with Gasteiger partial charge in [0.1, 0.15) is 4.83 Å². The smallest absolute Gasteiger partial charge is 0.282 e. The molecule has 1 aliphatic rings. The summed E-state index contributed by atoms with van der Waals surface area (Å²) in [6.07, 6.45) is 0. The Morgan fingerprint density at radius 1 is 1.19 bits per heavy atom. The Hall–Kier alpha value is -3.50. The number of nitrogens with two attached hydrogens (primary N) is 1. The molecule has 0 aliphatic carbocycles. The fourth-order valence-corrected chi connectivity index (χ4v) is 4.92. The second kappa shape index (κ2) is 7.97. The minimum absolute atomic E-state index is 0.0422. The third kappa shape index (κ3) is 3.71. The third-order valence-corrected chi connectivity index (χ3v) is 6.51. The number of hydrogen-bond acceptors (Lipinski definition) is 8. The summed E-state index contributed by atoms with van der Waals surface area (Å²) in [6, 6.07) is 14.8. The fraction of sp³-hybridized carbons (Fsp3) is 0.0952. The lowest BCUT2D eigenvalue weighted by atomic mass is 10.1. The molecular formula is C21H16N4O4S2. The van der Waals surface area contributed by atoms with Gasteiger partial charge in [0, 0.05) is 22.7 Å². The molecular weight excluding hydrogens is 436 g/mol. The van der Waals surface area contributed by atoms with Crippen LogP contribution in [0.1, 0.15) is 0 Å². The zero-order chi connectivity index (χ0) is 21.4. The molecule has 3 N–H and O–H groups in total. The molecule has 0 radical (unpaired) electrons. The Balaban J connectivity index is 1.34. The molecule has 1 aliphatic heterocycles. The summed E-state index contributed by atoms with van der Waals surface area (Å²) in [7, 11) is 0. The second-order valence-electron chi connectivity index (χ2n) is 6.67. The predicted molar refractivity (Wildman–Crippen MR) is 121 cm³/mol. The molecule has 0 unspecified atom stereocenters. The summed E-state index contributed by atoms with van der Waals surface area (Å²) in [6.45, 7) is 0.166. The number of rotatable bonds is 5. The first-order chi connectivity index (χ1) is 15.1. The highest BCUT2D eigenvalue weighted by Gasteiger charge is 2.18. The van der Waals surface area contributed by atoms with Crippen molar-refractivity contribution in [3.63, 3.8) is 0 Å². The highest BCUT2D eigenvalue weighted by molar-refractivity contribution is 7.99. The van der Waals surface area contributed by atoms with E-state index in [2.05, 4.69) is 10.3 Å². The molecule has 5 rings (SSSR count). The zero-order valence-corrected chi connectivity index (χ0v) is 17.7. The molecule has 3 heterocycles. The molecule has 8 nitrogen and oxygen atoms in total. The van der Waals surface area contributed by atoms with Crippen LogP contribution in [-0.4, -0.2) is 28.1 Å². The van der Waals surface area contributed by atoms with Gasteiger partial charge in [-0.05, 0) is 17.7 Å². The van der Waals surface area contributed by atoms with Crippen molar-refractivity contribution in [1.82, 2.24) is 9.66 Å². The Morgan fingerprint density at radius 2 is 2.00 bits per heavy atom. The highest BCUT2D eigenvalue weighted by atomic mass is 32.2. The topological polar surface area (TPSA) is 108 Å². The number of thioether (sulfide) groups is 1. The summed E-state index contributed by atoms with van der Waals surface area (Å²) in [5.74, 6) is 7.03. The molecule has 31 heavy (non-hydrogen) atoms. The molecule has 4 aromatic rings. The zero-order valence-electron chi connectivity index (χ0n) is 16.0. The summed E-state index contributed by atoms with van der Waals surface area (Å²) >= 11 is 2.47. The Morgan fingerprint density at radius 3 is 2.84 bits per heavy atom. The van der Waals surface area contributed by atoms with Gasteiger partial charge in [0.15, 0.2) is 16.7 Å². The summed E-state index contributed by atoms with van der Waals surface area (Å²) in [5.41, 5.74) is 1.98. The van der Waals surface area contributed by atoms with Crippen LogP contribution in [0.15, 0.2) is 63.9 Å². The molecule has 0 spiro atoms. The van der Waals surface area contributed by atoms with Gasteiger partial charge in [-0.2, -0.15) is 0 Å². The molecule has 2 aromatic heterocycles. The van der Waals surface area contributed by atoms with E-state index in [1.165, 1.54) is 11.3 Å². The van der Waals surface area contributed by atoms with Crippen molar-refractivity contribution in [2.24, 2.45) is 0 Å². The predicted octanol–water partition coefficient (Wildman–Crippen LogP) is 3.30. The first kappa shape index (κ1) is 19.5. The van der Waals surface area contributed by atoms with Crippen molar-refractivity contribution in [2.45, 2.75) is 5.16 Å². The number of carbonyl (C=O) groups is 1. The van der Waals surface area contributed by atoms with Gasteiger partial charge < -0.3 is 20.6 Å². The van der Waals surface area contributed by atoms with Gasteiger partial charge in [-0.3, -0.25) is 9.59 Å². The van der Waals surface area contributed by atoms with Crippen molar-refractivity contribution in [2.75, 3.05) is 23.7 Å². The Bertz CT molecular complexity index is 1350. The number of fused-ring (bicyclic) bond motifs is 2. The minimum Gasteiger partial charge on any atom is -0.454 e. The number of nitrogens with zero attached hydrogens (tertiary/aromatic N) is 2. The number of amides is 1. The van der Waals surface area contributed by atoms with Crippen molar-refractivity contribution in [3.05, 3.63) is 64.3 Å². The lowest BCUT2D eigenvalue weighted by Gasteiger charge is -2.08. The number of nitrogen functional groups attached to an aromatic ring is 1. The van der Waals surface area contributed by atoms with E-state index in [0.717, 1.165) is 27.6 Å². The van der Waals surface area contributed by atoms with Gasteiger partial charge in [0.2, 0.25) is 12.7 Å². The maximum atomic E-state index is 12.9. The third-order valence-electron chi connectivity index (χ3n) is 4.68. The van der Waals surface area contributed by atoms with E-state index < -0.39 is 0 Å². The molecule has 0 saturated heterocycles. The van der Waals surface area contributed by atoms with E-state index in [0.29, 0.717) is 27.4 Å². The Labute approximate surface area is 184 Å². The van der Waals surface area contributed by atoms with Crippen molar-refractivity contribution >= 4 is 44.9 Å². The van der Waals surface area contributed by atoms with Crippen molar-refractivity contribution < 1.29 is 14.3 Å². The van der Waals surface area contributed by atoms with E-state index in [9.17, 15) is 9.59 Å². The van der Waals surface area contributed by atoms with Crippen LogP contribution in [0.2, 0.25) is 0 Å². The van der Waals surface area contributed by atoms with Gasteiger partial charge in [-0.15, -0.1) is 11.3 Å². The molecule has 0 saturated carbocycles. The number of carbonyl (C=O) groups excluding carboxylic acids is 1. The SMILES string of the molecule is Nn1c(SCC(=O)Nc2ccc3c(c2)OCO3)nc2scc(-c3ccccc3)c2c1=O. The maximum absolute atomic E-state index is 12.9. The van der Waals surface area contributed by atoms with Gasteiger partial charge in [0.25, 0.3) is 5.56 Å². The number of anilines is 1. The number of aromatic nitrogens is 2. The van der Waals surface area contributed by atoms with Crippen LogP contribution in [-0.2, 0) is 4.79 Å². The largest absolute Gasteiger partial charge is 0.454 e. The summed E-state index contributed by atoms with van der Waals surface area (Å²) < 4.78 is 11.6. The molecule has 156 valence electrons. The van der Waals surface area contributed by atoms with Crippen molar-refractivity contribution in [1.29, 1.82) is 0 Å². The van der Waals surface area contributed by atoms with Gasteiger partial charge in [0.05, 0.1) is 11.1 Å². The van der Waals surface area contributed by atoms with Gasteiger partial charge >= 0.3 is 0 Å². The number of nitrogens with one attached hydrogen (secondary N) is 1. The van der Waals surface area contributed by atoms with Crippen LogP contribution in [0.4, 0.5) is 5.69 Å². The number of ether oxygens (including phenoxy) is 2. The lowest BCUT2D eigenvalue weighted by molar-refractivity contribution is -0.113. The van der Waals surface area contributed by atoms with Crippen LogP contribution in [0.5, 0.6) is 11.5 Å². The molecule has 10 heteroatoms. The van der Waals surface area contributed by atoms with Crippen LogP contribution < -0.4 is 26.2 Å². The summed E-state index contributed by atoms with van der Waals surface area (Å²) in [5, 5.41) is 5.45. The van der Waals surface area contributed by atoms with E-state index in [-0.39, 0.29) is 29.2 Å². The highest BCUT2D eigenvalue weighted by Crippen LogP contribution is 2.34. The maximum Gasteiger partial charge on any atom is 0.282 e. The van der Waals surface area contributed by atoms with E-state index >= 15 is 0 Å².